The molecule has 0 fully saturated rings. The average molecular weight is 376 g/mol. The molecule has 130 valence electrons. The van der Waals surface area contributed by atoms with E-state index in [1.807, 2.05) is 37.4 Å². The Kier molecular flexibility index (Phi) is 4.94. The van der Waals surface area contributed by atoms with Gasteiger partial charge in [0.2, 0.25) is 10.0 Å². The lowest BCUT2D eigenvalue weighted by Crippen LogP contribution is -2.31. The van der Waals surface area contributed by atoms with Crippen molar-refractivity contribution in [3.63, 3.8) is 0 Å². The minimum Gasteiger partial charge on any atom is -0.336 e. The number of hydrogen-bond acceptors (Lipinski definition) is 3. The second-order valence-corrected chi connectivity index (χ2v) is 7.89. The Morgan fingerprint density at radius 3 is 2.52 bits per heavy atom. The third-order valence-electron chi connectivity index (χ3n) is 3.96. The van der Waals surface area contributed by atoms with Crippen LogP contribution >= 0.6 is 11.6 Å². The zero-order valence-corrected chi connectivity index (χ0v) is 15.4. The molecule has 0 aliphatic carbocycles. The highest BCUT2D eigenvalue weighted by atomic mass is 35.5. The van der Waals surface area contributed by atoms with E-state index in [4.69, 9.17) is 11.6 Å². The fourth-order valence-electron chi connectivity index (χ4n) is 2.65. The van der Waals surface area contributed by atoms with Crippen molar-refractivity contribution in [2.24, 2.45) is 7.05 Å². The second-order valence-electron chi connectivity index (χ2n) is 5.77. The van der Waals surface area contributed by atoms with Gasteiger partial charge < -0.3 is 4.57 Å². The Balaban J connectivity index is 2.06. The summed E-state index contributed by atoms with van der Waals surface area (Å²) in [6.07, 6.45) is 3.43. The molecule has 0 aliphatic rings. The maximum absolute atomic E-state index is 13.0. The molecule has 0 radical (unpaired) electrons. The van der Waals surface area contributed by atoms with Crippen LogP contribution in [0.25, 0.3) is 0 Å². The number of aryl methyl sites for hydroxylation is 2. The number of imidazole rings is 1. The van der Waals surface area contributed by atoms with E-state index in [1.165, 1.54) is 6.07 Å². The van der Waals surface area contributed by atoms with E-state index in [-0.39, 0.29) is 4.90 Å². The van der Waals surface area contributed by atoms with E-state index in [0.29, 0.717) is 16.4 Å². The van der Waals surface area contributed by atoms with Crippen LogP contribution in [-0.2, 0) is 17.1 Å². The standard InChI is InChI=1S/C18H18ClN3O2S/c1-13-8-9-15(19)12-16(13)25(23,24)21-17(14-6-4-3-5-7-14)18-20-10-11-22(18)2/h3-12,17,21H,1-2H3. The van der Waals surface area contributed by atoms with Gasteiger partial charge in [-0.05, 0) is 30.2 Å². The van der Waals surface area contributed by atoms with E-state index >= 15 is 0 Å². The van der Waals surface area contributed by atoms with Gasteiger partial charge in [0.1, 0.15) is 11.9 Å². The minimum atomic E-state index is -3.79. The van der Waals surface area contributed by atoms with Gasteiger partial charge in [0, 0.05) is 24.5 Å². The summed E-state index contributed by atoms with van der Waals surface area (Å²) < 4.78 is 30.5. The molecule has 0 spiro atoms. The monoisotopic (exact) mass is 375 g/mol. The molecular formula is C18H18ClN3O2S. The van der Waals surface area contributed by atoms with Gasteiger partial charge in [-0.2, -0.15) is 4.72 Å². The molecule has 5 nitrogen and oxygen atoms in total. The SMILES string of the molecule is Cc1ccc(Cl)cc1S(=O)(=O)NC(c1ccccc1)c1nccn1C. The first-order valence-corrected chi connectivity index (χ1v) is 9.55. The number of halogens is 1. The maximum atomic E-state index is 13.0. The number of nitrogens with one attached hydrogen (secondary N) is 1. The quantitative estimate of drug-likeness (QED) is 0.742. The van der Waals surface area contributed by atoms with Crippen LogP contribution in [0.2, 0.25) is 5.02 Å². The van der Waals surface area contributed by atoms with E-state index in [9.17, 15) is 8.42 Å². The van der Waals surface area contributed by atoms with Gasteiger partial charge in [-0.3, -0.25) is 0 Å². The second kappa shape index (κ2) is 7.00. The third-order valence-corrected chi connectivity index (χ3v) is 5.76. The Hall–Kier alpha value is -2.15. The molecule has 0 aliphatic heterocycles. The predicted molar refractivity (Wildman–Crippen MR) is 98.0 cm³/mol. The molecule has 0 saturated heterocycles. The van der Waals surface area contributed by atoms with Gasteiger partial charge in [-0.1, -0.05) is 48.0 Å². The highest BCUT2D eigenvalue weighted by Crippen LogP contribution is 2.26. The predicted octanol–water partition coefficient (Wildman–Crippen LogP) is 3.45. The van der Waals surface area contributed by atoms with Gasteiger partial charge in [0.05, 0.1) is 4.90 Å². The lowest BCUT2D eigenvalue weighted by Gasteiger charge is -2.20. The number of aromatic nitrogens is 2. The van der Waals surface area contributed by atoms with E-state index < -0.39 is 16.1 Å². The molecule has 0 bridgehead atoms. The van der Waals surface area contributed by atoms with Crippen molar-refractivity contribution in [3.05, 3.63) is 82.9 Å². The summed E-state index contributed by atoms with van der Waals surface area (Å²) in [5.41, 5.74) is 1.43. The third kappa shape index (κ3) is 3.76. The topological polar surface area (TPSA) is 64.0 Å². The molecule has 7 heteroatoms. The zero-order chi connectivity index (χ0) is 18.0. The summed E-state index contributed by atoms with van der Waals surface area (Å²) in [5.74, 6) is 0.606. The first-order valence-electron chi connectivity index (χ1n) is 7.69. The molecule has 1 N–H and O–H groups in total. The first-order chi connectivity index (χ1) is 11.9. The van der Waals surface area contributed by atoms with Crippen LogP contribution < -0.4 is 4.72 Å². The van der Waals surface area contributed by atoms with Crippen molar-refractivity contribution in [3.8, 4) is 0 Å². The van der Waals surface area contributed by atoms with Crippen LogP contribution in [0.5, 0.6) is 0 Å². The number of benzene rings is 2. The van der Waals surface area contributed by atoms with Crippen LogP contribution in [0.15, 0.2) is 65.8 Å². The number of nitrogens with zero attached hydrogens (tertiary/aromatic N) is 2. The smallest absolute Gasteiger partial charge is 0.241 e. The normalized spacial score (nSPS) is 12.9. The minimum absolute atomic E-state index is 0.162. The molecule has 25 heavy (non-hydrogen) atoms. The summed E-state index contributed by atoms with van der Waals surface area (Å²) in [6, 6.07) is 13.6. The van der Waals surface area contributed by atoms with Gasteiger partial charge in [-0.25, -0.2) is 13.4 Å². The number of rotatable bonds is 5. The Morgan fingerprint density at radius 2 is 1.88 bits per heavy atom. The number of hydrogen-bond donors (Lipinski definition) is 1. The van der Waals surface area contributed by atoms with Crippen molar-refractivity contribution in [2.45, 2.75) is 17.9 Å². The Labute approximate surface area is 152 Å². The average Bonchev–Trinajstić information content (AvgIpc) is 3.01. The lowest BCUT2D eigenvalue weighted by molar-refractivity contribution is 0.562. The van der Waals surface area contributed by atoms with Crippen molar-refractivity contribution < 1.29 is 8.42 Å². The zero-order valence-electron chi connectivity index (χ0n) is 13.8. The molecule has 1 heterocycles. The van der Waals surface area contributed by atoms with Crippen LogP contribution in [0.3, 0.4) is 0 Å². The Morgan fingerprint density at radius 1 is 1.16 bits per heavy atom. The van der Waals surface area contributed by atoms with Gasteiger partial charge in [-0.15, -0.1) is 0 Å². The summed E-state index contributed by atoms with van der Waals surface area (Å²) >= 11 is 5.99. The molecule has 1 aromatic heterocycles. The molecule has 3 rings (SSSR count). The lowest BCUT2D eigenvalue weighted by atomic mass is 10.1. The van der Waals surface area contributed by atoms with Gasteiger partial charge in [0.15, 0.2) is 0 Å². The van der Waals surface area contributed by atoms with E-state index in [0.717, 1.165) is 5.56 Å². The van der Waals surface area contributed by atoms with Crippen LogP contribution in [0.4, 0.5) is 0 Å². The highest BCUT2D eigenvalue weighted by Gasteiger charge is 2.26. The largest absolute Gasteiger partial charge is 0.336 e. The fraction of sp³-hybridized carbons (Fsp3) is 0.167. The highest BCUT2D eigenvalue weighted by molar-refractivity contribution is 7.89. The summed E-state index contributed by atoms with van der Waals surface area (Å²) in [5, 5.41) is 0.374. The van der Waals surface area contributed by atoms with Crippen LogP contribution in [0, 0.1) is 6.92 Å². The maximum Gasteiger partial charge on any atom is 0.241 e. The molecular weight excluding hydrogens is 358 g/mol. The summed E-state index contributed by atoms with van der Waals surface area (Å²) in [4.78, 5) is 4.48. The van der Waals surface area contributed by atoms with Gasteiger partial charge in [0.25, 0.3) is 0 Å². The van der Waals surface area contributed by atoms with Crippen molar-refractivity contribution in [1.29, 1.82) is 0 Å². The molecule has 2 aromatic carbocycles. The van der Waals surface area contributed by atoms with Crippen LogP contribution in [0.1, 0.15) is 23.0 Å². The van der Waals surface area contributed by atoms with E-state index in [1.54, 1.807) is 36.0 Å². The molecule has 1 unspecified atom stereocenters. The summed E-state index contributed by atoms with van der Waals surface area (Å²) in [6.45, 7) is 1.74. The van der Waals surface area contributed by atoms with Crippen molar-refractivity contribution in [2.75, 3.05) is 0 Å². The van der Waals surface area contributed by atoms with E-state index in [2.05, 4.69) is 9.71 Å². The molecule has 3 aromatic rings. The van der Waals surface area contributed by atoms with Crippen molar-refractivity contribution >= 4 is 21.6 Å². The fourth-order valence-corrected chi connectivity index (χ4v) is 4.34. The first kappa shape index (κ1) is 17.7. The van der Waals surface area contributed by atoms with Crippen molar-refractivity contribution in [1.82, 2.24) is 14.3 Å². The molecule has 0 amide bonds. The Bertz CT molecular complexity index is 985. The summed E-state index contributed by atoms with van der Waals surface area (Å²) in [7, 11) is -1.96. The molecule has 0 saturated carbocycles. The van der Waals surface area contributed by atoms with Crippen LogP contribution in [-0.4, -0.2) is 18.0 Å². The molecule has 1 atom stereocenters. The number of sulfonamides is 1. The van der Waals surface area contributed by atoms with Gasteiger partial charge >= 0.3 is 0 Å².